The molecule has 1 amide bonds. The lowest BCUT2D eigenvalue weighted by Crippen LogP contribution is -2.55. The average Bonchev–Trinajstić information content (AvgIpc) is 3.43. The first-order valence-electron chi connectivity index (χ1n) is 11.6. The van der Waals surface area contributed by atoms with Gasteiger partial charge in [-0.1, -0.05) is 30.0 Å². The van der Waals surface area contributed by atoms with Gasteiger partial charge in [-0.05, 0) is 32.0 Å². The predicted octanol–water partition coefficient (Wildman–Crippen LogP) is 3.61. The highest BCUT2D eigenvalue weighted by atomic mass is 16.5. The van der Waals surface area contributed by atoms with E-state index >= 15 is 0 Å². The van der Waals surface area contributed by atoms with Crippen molar-refractivity contribution in [3.8, 4) is 23.3 Å². The number of benzene rings is 2. The summed E-state index contributed by atoms with van der Waals surface area (Å²) < 4.78 is 11.6. The number of aromatic amines is 1. The number of hydrogen-bond acceptors (Lipinski definition) is 6. The number of ketones is 1. The molecule has 2 aromatic carbocycles. The van der Waals surface area contributed by atoms with Gasteiger partial charge in [-0.25, -0.2) is 4.79 Å². The van der Waals surface area contributed by atoms with Crippen molar-refractivity contribution < 1.29 is 24.2 Å². The van der Waals surface area contributed by atoms with E-state index in [1.54, 1.807) is 25.3 Å². The second-order valence-corrected chi connectivity index (χ2v) is 9.18. The normalized spacial score (nSPS) is 17.0. The molecular weight excluding hydrogens is 460 g/mol. The molecule has 0 aliphatic carbocycles. The van der Waals surface area contributed by atoms with Gasteiger partial charge in [-0.3, -0.25) is 14.8 Å². The minimum absolute atomic E-state index is 0.169. The number of hydrogen-bond donors (Lipinski definition) is 2. The van der Waals surface area contributed by atoms with Gasteiger partial charge in [0.15, 0.2) is 11.5 Å². The van der Waals surface area contributed by atoms with Crippen LogP contribution in [0.25, 0.3) is 17.0 Å². The lowest BCUT2D eigenvalue weighted by molar-refractivity contribution is 0.0744. The van der Waals surface area contributed by atoms with Gasteiger partial charge in [0.1, 0.15) is 11.3 Å². The Morgan fingerprint density at radius 3 is 2.67 bits per heavy atom. The first kappa shape index (κ1) is 23.5. The smallest absolute Gasteiger partial charge is 0.407 e. The highest BCUT2D eigenvalue weighted by molar-refractivity contribution is 6.15. The quantitative estimate of drug-likeness (QED) is 0.430. The zero-order valence-corrected chi connectivity index (χ0v) is 20.3. The largest absolute Gasteiger partial charge is 0.495 e. The lowest BCUT2D eigenvalue weighted by atomic mass is 10.00. The molecule has 1 aromatic heterocycles. The molecule has 36 heavy (non-hydrogen) atoms. The van der Waals surface area contributed by atoms with E-state index in [2.05, 4.69) is 26.9 Å². The summed E-state index contributed by atoms with van der Waals surface area (Å²) >= 11 is 0. The van der Waals surface area contributed by atoms with Crippen molar-refractivity contribution in [3.05, 3.63) is 59.0 Å². The monoisotopic (exact) mass is 486 g/mol. The van der Waals surface area contributed by atoms with Crippen molar-refractivity contribution in [1.29, 1.82) is 0 Å². The molecule has 1 fully saturated rings. The summed E-state index contributed by atoms with van der Waals surface area (Å²) in [5.74, 6) is 7.28. The molecule has 1 saturated heterocycles. The van der Waals surface area contributed by atoms with Crippen LogP contribution in [0.3, 0.4) is 0 Å². The van der Waals surface area contributed by atoms with Gasteiger partial charge in [0.05, 0.1) is 29.4 Å². The Labute approximate surface area is 208 Å². The average molecular weight is 487 g/mol. The number of rotatable bonds is 3. The molecule has 9 heteroatoms. The van der Waals surface area contributed by atoms with E-state index in [9.17, 15) is 14.7 Å². The van der Waals surface area contributed by atoms with E-state index in [1.807, 2.05) is 38.1 Å². The van der Waals surface area contributed by atoms with Crippen LogP contribution >= 0.6 is 0 Å². The molecule has 2 aliphatic heterocycles. The molecule has 5 rings (SSSR count). The maximum Gasteiger partial charge on any atom is 0.407 e. The number of allylic oxidation sites excluding steroid dienone is 1. The third kappa shape index (κ3) is 4.16. The van der Waals surface area contributed by atoms with Crippen LogP contribution in [0.4, 0.5) is 4.79 Å². The third-order valence-corrected chi connectivity index (χ3v) is 6.62. The van der Waals surface area contributed by atoms with Crippen LogP contribution in [0.2, 0.25) is 0 Å². The molecule has 3 aromatic rings. The van der Waals surface area contributed by atoms with Crippen molar-refractivity contribution in [3.63, 3.8) is 0 Å². The van der Waals surface area contributed by atoms with E-state index < -0.39 is 11.6 Å². The van der Waals surface area contributed by atoms with Gasteiger partial charge < -0.3 is 19.5 Å². The highest BCUT2D eigenvalue weighted by Crippen LogP contribution is 2.39. The first-order valence-corrected chi connectivity index (χ1v) is 11.6. The van der Waals surface area contributed by atoms with Gasteiger partial charge in [-0.2, -0.15) is 5.10 Å². The van der Waals surface area contributed by atoms with E-state index in [4.69, 9.17) is 9.47 Å². The third-order valence-electron chi connectivity index (χ3n) is 6.62. The molecule has 2 aliphatic rings. The molecule has 0 bridgehead atoms. The molecule has 184 valence electrons. The number of carbonyl (C=O) groups is 2. The van der Waals surface area contributed by atoms with E-state index in [1.165, 1.54) is 4.90 Å². The molecular formula is C27H26N4O5. The van der Waals surface area contributed by atoms with Crippen molar-refractivity contribution in [2.75, 3.05) is 33.3 Å². The number of nitrogens with zero attached hydrogens (tertiary/aromatic N) is 3. The summed E-state index contributed by atoms with van der Waals surface area (Å²) in [4.78, 5) is 27.9. The Kier molecular flexibility index (Phi) is 5.90. The van der Waals surface area contributed by atoms with Crippen molar-refractivity contribution in [2.24, 2.45) is 0 Å². The van der Waals surface area contributed by atoms with Crippen molar-refractivity contribution in [1.82, 2.24) is 20.0 Å². The lowest BCUT2D eigenvalue weighted by Gasteiger charge is -2.40. The number of H-pyrrole nitrogens is 1. The van der Waals surface area contributed by atoms with E-state index in [0.29, 0.717) is 54.5 Å². The SMILES string of the molecule is COc1ccc2c(c1C#CC(C)(C)N1CCN(C(=O)O)CC1)O/C(=C\c1n[nH]c3ccccc13)C2=O. The number of amides is 1. The zero-order valence-electron chi connectivity index (χ0n) is 20.3. The van der Waals surface area contributed by atoms with E-state index in [-0.39, 0.29) is 11.5 Å². The Morgan fingerprint density at radius 1 is 1.19 bits per heavy atom. The predicted molar refractivity (Wildman–Crippen MR) is 134 cm³/mol. The molecule has 2 N–H and O–H groups in total. The van der Waals surface area contributed by atoms with Crippen LogP contribution in [0.15, 0.2) is 42.2 Å². The fourth-order valence-electron chi connectivity index (χ4n) is 4.49. The number of methoxy groups -OCH3 is 1. The fourth-order valence-corrected chi connectivity index (χ4v) is 4.49. The van der Waals surface area contributed by atoms with Gasteiger partial charge >= 0.3 is 6.09 Å². The number of fused-ring (bicyclic) bond motifs is 2. The standard InChI is InChI=1S/C27H26N4O5/c1-27(2,31-14-12-30(13-15-31)26(33)34)11-10-18-22(35-3)9-8-19-24(32)23(36-25(18)19)16-21-17-6-4-5-7-20(17)28-29-21/h4-9,16H,12-15H2,1-3H3,(H,28,29)(H,33,34)/b23-16-. The molecule has 0 saturated carbocycles. The summed E-state index contributed by atoms with van der Waals surface area (Å²) in [5.41, 5.74) is 1.86. The summed E-state index contributed by atoms with van der Waals surface area (Å²) in [6.07, 6.45) is 0.730. The summed E-state index contributed by atoms with van der Waals surface area (Å²) in [7, 11) is 1.55. The van der Waals surface area contributed by atoms with Crippen LogP contribution in [0.5, 0.6) is 11.5 Å². The number of nitrogens with one attached hydrogen (secondary N) is 1. The van der Waals surface area contributed by atoms with Gasteiger partial charge in [0.2, 0.25) is 5.78 Å². The zero-order chi connectivity index (χ0) is 25.4. The fraction of sp³-hybridized carbons (Fsp3) is 0.296. The first-order chi connectivity index (χ1) is 17.3. The Hall–Kier alpha value is -4.29. The van der Waals surface area contributed by atoms with E-state index in [0.717, 1.165) is 10.9 Å². The Morgan fingerprint density at radius 2 is 1.94 bits per heavy atom. The number of piperazine rings is 1. The van der Waals surface area contributed by atoms with Gasteiger partial charge in [-0.15, -0.1) is 0 Å². The van der Waals surface area contributed by atoms with Crippen LogP contribution < -0.4 is 9.47 Å². The minimum atomic E-state index is -0.906. The molecule has 9 nitrogen and oxygen atoms in total. The molecule has 0 spiro atoms. The number of ether oxygens (including phenoxy) is 2. The minimum Gasteiger partial charge on any atom is -0.495 e. The van der Waals surface area contributed by atoms with Crippen molar-refractivity contribution >= 4 is 28.9 Å². The number of carbonyl (C=O) groups excluding carboxylic acids is 1. The maximum atomic E-state index is 13.2. The molecule has 0 atom stereocenters. The number of para-hydroxylation sites is 1. The number of aromatic nitrogens is 2. The number of carboxylic acid groups (broad SMARTS) is 1. The maximum absolute atomic E-state index is 13.2. The molecule has 0 unspecified atom stereocenters. The van der Waals surface area contributed by atoms with Gasteiger partial charge in [0.25, 0.3) is 0 Å². The number of Topliss-reactive ketones (excluding diaryl/α,β-unsaturated/α-hetero) is 1. The Bertz CT molecular complexity index is 1450. The van der Waals surface area contributed by atoms with Gasteiger partial charge in [0, 0.05) is 37.6 Å². The highest BCUT2D eigenvalue weighted by Gasteiger charge is 2.33. The van der Waals surface area contributed by atoms with Crippen molar-refractivity contribution in [2.45, 2.75) is 19.4 Å². The van der Waals surface area contributed by atoms with Crippen LogP contribution in [0.1, 0.15) is 35.5 Å². The molecule has 0 radical (unpaired) electrons. The summed E-state index contributed by atoms with van der Waals surface area (Å²) in [6.45, 7) is 6.00. The topological polar surface area (TPSA) is 108 Å². The molecule has 3 heterocycles. The summed E-state index contributed by atoms with van der Waals surface area (Å²) in [6, 6.07) is 11.1. The summed E-state index contributed by atoms with van der Waals surface area (Å²) in [5, 5.41) is 17.4. The van der Waals surface area contributed by atoms with Crippen LogP contribution in [-0.4, -0.2) is 75.8 Å². The second kappa shape index (κ2) is 9.06. The second-order valence-electron chi connectivity index (χ2n) is 9.18. The Balaban J connectivity index is 1.46. The van der Waals surface area contributed by atoms with Crippen LogP contribution in [-0.2, 0) is 0 Å². The van der Waals surface area contributed by atoms with Crippen LogP contribution in [0, 0.1) is 11.8 Å².